The van der Waals surface area contributed by atoms with Gasteiger partial charge in [0.05, 0.1) is 5.69 Å². The van der Waals surface area contributed by atoms with Crippen LogP contribution in [0, 0.1) is 0 Å². The molecule has 0 fully saturated rings. The topological polar surface area (TPSA) is 84.1 Å². The Labute approximate surface area is 149 Å². The van der Waals surface area contributed by atoms with Crippen LogP contribution in [0.15, 0.2) is 34.8 Å². The molecule has 0 saturated heterocycles. The minimum absolute atomic E-state index is 0.170. The summed E-state index contributed by atoms with van der Waals surface area (Å²) in [4.78, 5) is 23.2. The van der Waals surface area contributed by atoms with E-state index in [-0.39, 0.29) is 17.8 Å². The summed E-state index contributed by atoms with van der Waals surface area (Å²) in [5.41, 5.74) is 1.53. The maximum atomic E-state index is 12.1. The third kappa shape index (κ3) is 5.28. The molecule has 1 aromatic heterocycles. The number of rotatable bonds is 6. The number of aromatic amines is 1. The quantitative estimate of drug-likeness (QED) is 0.582. The zero-order valence-electron chi connectivity index (χ0n) is 13.8. The van der Waals surface area contributed by atoms with Gasteiger partial charge in [0.25, 0.3) is 0 Å². The zero-order chi connectivity index (χ0) is 17.7. The second-order valence-corrected chi connectivity index (χ2v) is 7.30. The van der Waals surface area contributed by atoms with Gasteiger partial charge in [-0.25, -0.2) is 4.79 Å². The van der Waals surface area contributed by atoms with Crippen molar-refractivity contribution in [3.05, 3.63) is 40.5 Å². The Balaban J connectivity index is 2.02. The Morgan fingerprint density at radius 2 is 2.04 bits per heavy atom. The van der Waals surface area contributed by atoms with Crippen LogP contribution in [0.25, 0.3) is 11.3 Å². The third-order valence-electron chi connectivity index (χ3n) is 3.18. The zero-order valence-corrected chi connectivity index (χ0v) is 15.4. The van der Waals surface area contributed by atoms with Gasteiger partial charge in [0.15, 0.2) is 12.4 Å². The Hall–Kier alpha value is -1.99. The first-order valence-electron chi connectivity index (χ1n) is 7.51. The molecular weight excluding hydrogens is 374 g/mol. The molecule has 0 amide bonds. The maximum Gasteiger partial charge on any atom is 0.357 e. The van der Waals surface area contributed by atoms with E-state index in [0.717, 1.165) is 10.0 Å². The number of H-pyrrole nitrogens is 1. The average Bonchev–Trinajstić information content (AvgIpc) is 3.01. The molecule has 1 aromatic carbocycles. The van der Waals surface area contributed by atoms with Gasteiger partial charge in [-0.05, 0) is 39.0 Å². The summed E-state index contributed by atoms with van der Waals surface area (Å²) in [6.45, 7) is 6.16. The predicted octanol–water partition coefficient (Wildman–Crippen LogP) is 2.95. The van der Waals surface area contributed by atoms with Crippen molar-refractivity contribution in [1.29, 1.82) is 0 Å². The lowest BCUT2D eigenvalue weighted by Gasteiger charge is -2.22. The summed E-state index contributed by atoms with van der Waals surface area (Å²) in [5.74, 6) is -0.612. The van der Waals surface area contributed by atoms with Gasteiger partial charge in [-0.15, -0.1) is 0 Å². The number of esters is 1. The Kier molecular flexibility index (Phi) is 5.90. The van der Waals surface area contributed by atoms with E-state index >= 15 is 0 Å². The summed E-state index contributed by atoms with van der Waals surface area (Å²) >= 11 is 3.37. The van der Waals surface area contributed by atoms with Gasteiger partial charge in [-0.3, -0.25) is 9.89 Å². The fourth-order valence-electron chi connectivity index (χ4n) is 1.92. The number of benzene rings is 1. The lowest BCUT2D eigenvalue weighted by molar-refractivity contribution is -0.115. The van der Waals surface area contributed by atoms with Crippen molar-refractivity contribution in [3.63, 3.8) is 0 Å². The fourth-order valence-corrected chi connectivity index (χ4v) is 2.18. The molecule has 24 heavy (non-hydrogen) atoms. The van der Waals surface area contributed by atoms with Crippen LogP contribution in [-0.2, 0) is 9.53 Å². The number of carbonyl (C=O) groups excluding carboxylic acids is 2. The SMILES string of the molecule is CC(C)(C)NCC(C=O)OC(=O)c1cc(-c2ccc(Br)cc2)n[nH]1. The van der Waals surface area contributed by atoms with Crippen LogP contribution in [-0.4, -0.2) is 40.6 Å². The molecule has 0 radical (unpaired) electrons. The minimum atomic E-state index is -0.851. The van der Waals surface area contributed by atoms with Crippen molar-refractivity contribution >= 4 is 28.2 Å². The summed E-state index contributed by atoms with van der Waals surface area (Å²) in [5, 5.41) is 9.89. The molecule has 0 spiro atoms. The molecule has 2 rings (SSSR count). The van der Waals surface area contributed by atoms with E-state index in [1.807, 2.05) is 45.0 Å². The number of nitrogens with one attached hydrogen (secondary N) is 2. The molecule has 1 unspecified atom stereocenters. The molecule has 1 atom stereocenters. The van der Waals surface area contributed by atoms with Crippen molar-refractivity contribution in [2.24, 2.45) is 0 Å². The molecule has 7 heteroatoms. The predicted molar refractivity (Wildman–Crippen MR) is 94.7 cm³/mol. The van der Waals surface area contributed by atoms with E-state index in [1.165, 1.54) is 0 Å². The first-order valence-corrected chi connectivity index (χ1v) is 8.30. The molecule has 0 saturated carbocycles. The molecule has 6 nitrogen and oxygen atoms in total. The highest BCUT2D eigenvalue weighted by molar-refractivity contribution is 9.10. The Morgan fingerprint density at radius 1 is 1.38 bits per heavy atom. The van der Waals surface area contributed by atoms with E-state index in [0.29, 0.717) is 12.0 Å². The maximum absolute atomic E-state index is 12.1. The van der Waals surface area contributed by atoms with Gasteiger partial charge >= 0.3 is 5.97 Å². The molecule has 2 N–H and O–H groups in total. The van der Waals surface area contributed by atoms with Crippen molar-refractivity contribution in [2.45, 2.75) is 32.4 Å². The van der Waals surface area contributed by atoms with Crippen LogP contribution in [0.4, 0.5) is 0 Å². The Morgan fingerprint density at radius 3 is 2.62 bits per heavy atom. The van der Waals surface area contributed by atoms with Crippen molar-refractivity contribution in [1.82, 2.24) is 15.5 Å². The second-order valence-electron chi connectivity index (χ2n) is 6.38. The lowest BCUT2D eigenvalue weighted by Crippen LogP contribution is -2.42. The lowest BCUT2D eigenvalue weighted by atomic mass is 10.1. The highest BCUT2D eigenvalue weighted by Crippen LogP contribution is 2.20. The van der Waals surface area contributed by atoms with Crippen molar-refractivity contribution in [2.75, 3.05) is 6.54 Å². The van der Waals surface area contributed by atoms with E-state index in [1.54, 1.807) is 6.07 Å². The third-order valence-corrected chi connectivity index (χ3v) is 3.71. The van der Waals surface area contributed by atoms with Crippen LogP contribution >= 0.6 is 15.9 Å². The summed E-state index contributed by atoms with van der Waals surface area (Å²) in [6, 6.07) is 9.16. The van der Waals surface area contributed by atoms with E-state index in [4.69, 9.17) is 4.74 Å². The highest BCUT2D eigenvalue weighted by atomic mass is 79.9. The monoisotopic (exact) mass is 393 g/mol. The van der Waals surface area contributed by atoms with Gasteiger partial charge in [-0.1, -0.05) is 28.1 Å². The van der Waals surface area contributed by atoms with E-state index in [2.05, 4.69) is 31.4 Å². The molecule has 2 aromatic rings. The van der Waals surface area contributed by atoms with Crippen LogP contribution < -0.4 is 5.32 Å². The van der Waals surface area contributed by atoms with Gasteiger partial charge in [0.1, 0.15) is 5.69 Å². The Bertz CT molecular complexity index is 705. The van der Waals surface area contributed by atoms with Gasteiger partial charge in [0, 0.05) is 22.1 Å². The molecule has 0 aliphatic rings. The summed E-state index contributed by atoms with van der Waals surface area (Å²) in [7, 11) is 0. The number of aldehydes is 1. The van der Waals surface area contributed by atoms with Crippen molar-refractivity contribution in [3.8, 4) is 11.3 Å². The molecule has 128 valence electrons. The highest BCUT2D eigenvalue weighted by Gasteiger charge is 2.20. The smallest absolute Gasteiger partial charge is 0.357 e. The van der Waals surface area contributed by atoms with Crippen LogP contribution in [0.5, 0.6) is 0 Å². The summed E-state index contributed by atoms with van der Waals surface area (Å²) in [6.07, 6.45) is -0.237. The molecule has 0 aliphatic carbocycles. The summed E-state index contributed by atoms with van der Waals surface area (Å²) < 4.78 is 6.16. The normalized spacial score (nSPS) is 12.7. The number of hydrogen-bond donors (Lipinski definition) is 2. The van der Waals surface area contributed by atoms with Gasteiger partial charge < -0.3 is 10.1 Å². The van der Waals surface area contributed by atoms with Crippen LogP contribution in [0.3, 0.4) is 0 Å². The largest absolute Gasteiger partial charge is 0.449 e. The number of aromatic nitrogens is 2. The van der Waals surface area contributed by atoms with Gasteiger partial charge in [0.2, 0.25) is 0 Å². The fraction of sp³-hybridized carbons (Fsp3) is 0.353. The molecule has 0 bridgehead atoms. The first-order chi connectivity index (χ1) is 11.3. The van der Waals surface area contributed by atoms with Crippen LogP contribution in [0.1, 0.15) is 31.3 Å². The first kappa shape index (κ1) is 18.4. The standard InChI is InChI=1S/C17H20BrN3O3/c1-17(2,3)19-9-13(10-22)24-16(23)15-8-14(20-21-15)11-4-6-12(18)7-5-11/h4-8,10,13,19H,9H2,1-3H3,(H,20,21). The number of hydrogen-bond acceptors (Lipinski definition) is 5. The average molecular weight is 394 g/mol. The molecule has 1 heterocycles. The minimum Gasteiger partial charge on any atom is -0.449 e. The second kappa shape index (κ2) is 7.72. The van der Waals surface area contributed by atoms with E-state index < -0.39 is 12.1 Å². The van der Waals surface area contributed by atoms with Gasteiger partial charge in [-0.2, -0.15) is 5.10 Å². The molecule has 0 aliphatic heterocycles. The van der Waals surface area contributed by atoms with E-state index in [9.17, 15) is 9.59 Å². The van der Waals surface area contributed by atoms with Crippen LogP contribution in [0.2, 0.25) is 0 Å². The number of halogens is 1. The number of nitrogens with zero attached hydrogens (tertiary/aromatic N) is 1. The van der Waals surface area contributed by atoms with Crippen molar-refractivity contribution < 1.29 is 14.3 Å². The molecular formula is C17H20BrN3O3. The number of ether oxygens (including phenoxy) is 1. The number of carbonyl (C=O) groups is 2.